The van der Waals surface area contributed by atoms with Gasteiger partial charge in [-0.1, -0.05) is 41.9 Å². The average Bonchev–Trinajstić information content (AvgIpc) is 3.65. The summed E-state index contributed by atoms with van der Waals surface area (Å²) in [5, 5.41) is 7.76. The molecule has 6 rings (SSSR count). The molecule has 0 radical (unpaired) electrons. The summed E-state index contributed by atoms with van der Waals surface area (Å²) in [6.45, 7) is 4.09. The van der Waals surface area contributed by atoms with Crippen LogP contribution in [-0.4, -0.2) is 41.7 Å². The molecule has 2 amide bonds. The van der Waals surface area contributed by atoms with Crippen molar-refractivity contribution in [1.82, 2.24) is 29.1 Å². The van der Waals surface area contributed by atoms with Crippen LogP contribution in [0.2, 0.25) is 5.02 Å². The second kappa shape index (κ2) is 11.7. The summed E-state index contributed by atoms with van der Waals surface area (Å²) in [5.74, 6) is -0.645. The highest BCUT2D eigenvalue weighted by atomic mass is 79.9. The number of aromatic nitrogens is 4. The summed E-state index contributed by atoms with van der Waals surface area (Å²) in [5.41, 5.74) is 3.02. The normalized spacial score (nSPS) is 15.2. The molecule has 0 spiro atoms. The highest BCUT2D eigenvalue weighted by Crippen LogP contribution is 2.28. The lowest BCUT2D eigenvalue weighted by Crippen LogP contribution is -2.47. The molecular formula is C32H28BrClN6O3. The summed E-state index contributed by atoms with van der Waals surface area (Å²) in [7, 11) is 0. The Hall–Kier alpha value is -4.41. The van der Waals surface area contributed by atoms with E-state index in [0.717, 1.165) is 11.3 Å². The number of carbonyl (C=O) groups excluding carboxylic acids is 2. The van der Waals surface area contributed by atoms with Crippen LogP contribution in [0.5, 0.6) is 0 Å². The first kappa shape index (κ1) is 28.7. The lowest BCUT2D eigenvalue weighted by Gasteiger charge is -2.34. The zero-order valence-corrected chi connectivity index (χ0v) is 25.8. The first-order chi connectivity index (χ1) is 20.7. The Labute approximate surface area is 261 Å². The molecule has 0 bridgehead atoms. The minimum atomic E-state index is -0.410. The topological polar surface area (TPSA) is 94.2 Å². The fourth-order valence-corrected chi connectivity index (χ4v) is 5.85. The SMILES string of the molecule is C[C@@H]1Cn2c(c(C(=O)N[C@H](C)c3ccccc3)n(-c3ccc(-n4cccn4)cc3)c2=O)CN1C(=O)c1ccc(Br)c(Cl)c1. The van der Waals surface area contributed by atoms with Gasteiger partial charge in [0.2, 0.25) is 0 Å². The van der Waals surface area contributed by atoms with Crippen LogP contribution >= 0.6 is 27.5 Å². The van der Waals surface area contributed by atoms with Crippen LogP contribution in [-0.2, 0) is 13.1 Å². The highest BCUT2D eigenvalue weighted by molar-refractivity contribution is 9.10. The van der Waals surface area contributed by atoms with Gasteiger partial charge >= 0.3 is 5.69 Å². The van der Waals surface area contributed by atoms with Crippen molar-refractivity contribution < 1.29 is 9.59 Å². The quantitative estimate of drug-likeness (QED) is 0.250. The molecule has 1 aliphatic heterocycles. The van der Waals surface area contributed by atoms with Gasteiger partial charge < -0.3 is 10.2 Å². The number of imidazole rings is 1. The Morgan fingerprint density at radius 3 is 2.42 bits per heavy atom. The minimum Gasteiger partial charge on any atom is -0.344 e. The van der Waals surface area contributed by atoms with Gasteiger partial charge in [-0.3, -0.25) is 18.7 Å². The molecule has 1 aliphatic rings. The molecule has 9 nitrogen and oxygen atoms in total. The highest BCUT2D eigenvalue weighted by Gasteiger charge is 2.35. The van der Waals surface area contributed by atoms with Crippen LogP contribution in [0.1, 0.15) is 52.0 Å². The van der Waals surface area contributed by atoms with Gasteiger partial charge in [-0.2, -0.15) is 5.10 Å². The van der Waals surface area contributed by atoms with E-state index >= 15 is 0 Å². The number of nitrogens with zero attached hydrogens (tertiary/aromatic N) is 5. The molecule has 5 aromatic rings. The van der Waals surface area contributed by atoms with Crippen molar-refractivity contribution in [3.63, 3.8) is 0 Å². The molecule has 0 fully saturated rings. The number of carbonyl (C=O) groups is 2. The van der Waals surface area contributed by atoms with Crippen LogP contribution in [0, 0.1) is 0 Å². The van der Waals surface area contributed by atoms with E-state index in [1.807, 2.05) is 68.6 Å². The summed E-state index contributed by atoms with van der Waals surface area (Å²) >= 11 is 9.66. The molecule has 0 aliphatic carbocycles. The van der Waals surface area contributed by atoms with Crippen LogP contribution in [0.3, 0.4) is 0 Å². The lowest BCUT2D eigenvalue weighted by molar-refractivity contribution is 0.0610. The van der Waals surface area contributed by atoms with Crippen molar-refractivity contribution in [3.05, 3.63) is 134 Å². The zero-order valence-electron chi connectivity index (χ0n) is 23.4. The van der Waals surface area contributed by atoms with Crippen molar-refractivity contribution in [3.8, 4) is 11.4 Å². The Kier molecular flexibility index (Phi) is 7.81. The van der Waals surface area contributed by atoms with Gasteiger partial charge in [0.05, 0.1) is 34.7 Å². The Morgan fingerprint density at radius 1 is 1.02 bits per heavy atom. The molecule has 0 saturated carbocycles. The minimum absolute atomic E-state index is 0.0732. The predicted molar refractivity (Wildman–Crippen MR) is 168 cm³/mol. The van der Waals surface area contributed by atoms with Gasteiger partial charge in [-0.05, 0) is 83.9 Å². The first-order valence-electron chi connectivity index (χ1n) is 13.8. The zero-order chi connectivity index (χ0) is 30.2. The third-order valence-corrected chi connectivity index (χ3v) is 8.94. The van der Waals surface area contributed by atoms with E-state index < -0.39 is 5.91 Å². The number of nitrogens with one attached hydrogen (secondary N) is 1. The van der Waals surface area contributed by atoms with Crippen molar-refractivity contribution in [2.75, 3.05) is 0 Å². The maximum absolute atomic E-state index is 14.0. The van der Waals surface area contributed by atoms with E-state index in [-0.39, 0.29) is 42.5 Å². The smallest absolute Gasteiger partial charge is 0.333 e. The number of amides is 2. The van der Waals surface area contributed by atoms with E-state index in [1.165, 1.54) is 4.57 Å². The van der Waals surface area contributed by atoms with Crippen LogP contribution in [0.15, 0.2) is 101 Å². The molecule has 0 saturated heterocycles. The molecule has 2 aromatic heterocycles. The van der Waals surface area contributed by atoms with Crippen LogP contribution < -0.4 is 11.0 Å². The summed E-state index contributed by atoms with van der Waals surface area (Å²) in [4.78, 5) is 43.4. The molecule has 218 valence electrons. The van der Waals surface area contributed by atoms with Gasteiger partial charge in [0, 0.05) is 35.0 Å². The standard InChI is InChI=1S/C32H28BrClN6O3/c1-20-18-38-28(19-37(20)31(42)23-9-14-26(33)27(34)17-23)29(30(41)36-21(2)22-7-4-3-5-8-22)40(32(38)43)25-12-10-24(11-13-25)39-16-6-15-35-39/h3-17,20-21H,18-19H2,1-2H3,(H,36,41)/t20-,21-/m1/s1. The molecular weight excluding hydrogens is 632 g/mol. The van der Waals surface area contributed by atoms with Crippen LogP contribution in [0.25, 0.3) is 11.4 Å². The molecule has 43 heavy (non-hydrogen) atoms. The third-order valence-electron chi connectivity index (χ3n) is 7.71. The van der Waals surface area contributed by atoms with E-state index in [9.17, 15) is 14.4 Å². The number of hydrogen-bond acceptors (Lipinski definition) is 4. The second-order valence-electron chi connectivity index (χ2n) is 10.5. The van der Waals surface area contributed by atoms with E-state index in [4.69, 9.17) is 11.6 Å². The van der Waals surface area contributed by atoms with Gasteiger partial charge in [0.1, 0.15) is 5.69 Å². The van der Waals surface area contributed by atoms with Gasteiger partial charge in [0.25, 0.3) is 11.8 Å². The van der Waals surface area contributed by atoms with E-state index in [1.54, 1.807) is 50.7 Å². The van der Waals surface area contributed by atoms with Gasteiger partial charge in [0.15, 0.2) is 0 Å². The Bertz CT molecular complexity index is 1870. The molecule has 3 heterocycles. The Balaban J connectivity index is 1.43. The molecule has 0 unspecified atom stereocenters. The number of fused-ring (bicyclic) bond motifs is 1. The number of hydrogen-bond donors (Lipinski definition) is 1. The van der Waals surface area contributed by atoms with Crippen LogP contribution in [0.4, 0.5) is 0 Å². The fourth-order valence-electron chi connectivity index (χ4n) is 5.42. The third kappa shape index (κ3) is 5.44. The second-order valence-corrected chi connectivity index (χ2v) is 11.8. The van der Waals surface area contributed by atoms with E-state index in [2.05, 4.69) is 26.3 Å². The maximum atomic E-state index is 14.0. The molecule has 1 N–H and O–H groups in total. The maximum Gasteiger partial charge on any atom is 0.333 e. The average molecular weight is 660 g/mol. The van der Waals surface area contributed by atoms with Crippen molar-refractivity contribution in [1.29, 1.82) is 0 Å². The monoisotopic (exact) mass is 658 g/mol. The van der Waals surface area contributed by atoms with Gasteiger partial charge in [-0.25, -0.2) is 9.48 Å². The first-order valence-corrected chi connectivity index (χ1v) is 15.0. The number of benzene rings is 3. The summed E-state index contributed by atoms with van der Waals surface area (Å²) < 4.78 is 5.44. The summed E-state index contributed by atoms with van der Waals surface area (Å²) in [6, 6.07) is 23.1. The fraction of sp³-hybridized carbons (Fsp3) is 0.188. The summed E-state index contributed by atoms with van der Waals surface area (Å²) in [6.07, 6.45) is 3.51. The molecule has 11 heteroatoms. The largest absolute Gasteiger partial charge is 0.344 e. The van der Waals surface area contributed by atoms with E-state index in [0.29, 0.717) is 26.4 Å². The van der Waals surface area contributed by atoms with Gasteiger partial charge in [-0.15, -0.1) is 0 Å². The van der Waals surface area contributed by atoms with Crippen molar-refractivity contribution in [2.24, 2.45) is 0 Å². The number of halogens is 2. The van der Waals surface area contributed by atoms with Crippen molar-refractivity contribution >= 4 is 39.3 Å². The predicted octanol–water partition coefficient (Wildman–Crippen LogP) is 5.78. The number of rotatable bonds is 6. The Morgan fingerprint density at radius 2 is 1.74 bits per heavy atom. The molecule has 3 aromatic carbocycles. The lowest BCUT2D eigenvalue weighted by atomic mass is 10.1. The molecule has 2 atom stereocenters. The van der Waals surface area contributed by atoms with Crippen molar-refractivity contribution in [2.45, 2.75) is 39.0 Å².